The Morgan fingerprint density at radius 2 is 2.24 bits per heavy atom. The number of carbonyl (C=O) groups excluding carboxylic acids is 1. The first-order chi connectivity index (χ1) is 8.13. The first-order valence-electron chi connectivity index (χ1n) is 5.61. The number of hydrogen-bond donors (Lipinski definition) is 1. The Labute approximate surface area is 101 Å². The van der Waals surface area contributed by atoms with E-state index in [0.717, 1.165) is 5.56 Å². The van der Waals surface area contributed by atoms with E-state index in [0.29, 0.717) is 25.2 Å². The van der Waals surface area contributed by atoms with Gasteiger partial charge in [0.15, 0.2) is 0 Å². The largest absolute Gasteiger partial charge is 0.494 e. The number of rotatable bonds is 6. The van der Waals surface area contributed by atoms with Crippen LogP contribution in [0.1, 0.15) is 31.4 Å². The SMILES string of the molecule is COC(=O)CCCOc1cccc([C@@H](C)O)c1. The monoisotopic (exact) mass is 238 g/mol. The van der Waals surface area contributed by atoms with Crippen molar-refractivity contribution in [1.29, 1.82) is 0 Å². The van der Waals surface area contributed by atoms with Gasteiger partial charge in [0, 0.05) is 6.42 Å². The first-order valence-corrected chi connectivity index (χ1v) is 5.61. The van der Waals surface area contributed by atoms with E-state index < -0.39 is 6.10 Å². The molecule has 0 saturated heterocycles. The van der Waals surface area contributed by atoms with Crippen LogP contribution in [0.25, 0.3) is 0 Å². The Morgan fingerprint density at radius 3 is 2.88 bits per heavy atom. The van der Waals surface area contributed by atoms with Gasteiger partial charge in [0.05, 0.1) is 19.8 Å². The third-order valence-electron chi connectivity index (χ3n) is 2.36. The van der Waals surface area contributed by atoms with Gasteiger partial charge in [0.1, 0.15) is 5.75 Å². The summed E-state index contributed by atoms with van der Waals surface area (Å²) < 4.78 is 10.00. The van der Waals surface area contributed by atoms with Crippen LogP contribution in [0.15, 0.2) is 24.3 Å². The number of esters is 1. The number of ether oxygens (including phenoxy) is 2. The fraction of sp³-hybridized carbons (Fsp3) is 0.462. The molecule has 0 aliphatic carbocycles. The minimum absolute atomic E-state index is 0.230. The van der Waals surface area contributed by atoms with Gasteiger partial charge in [-0.25, -0.2) is 0 Å². The minimum atomic E-state index is -0.506. The highest BCUT2D eigenvalue weighted by molar-refractivity contribution is 5.69. The summed E-state index contributed by atoms with van der Waals surface area (Å²) in [5.41, 5.74) is 0.815. The maximum absolute atomic E-state index is 10.9. The van der Waals surface area contributed by atoms with Crippen LogP contribution in [-0.4, -0.2) is 24.8 Å². The van der Waals surface area contributed by atoms with Gasteiger partial charge in [-0.15, -0.1) is 0 Å². The molecule has 1 N–H and O–H groups in total. The number of carbonyl (C=O) groups is 1. The summed E-state index contributed by atoms with van der Waals surface area (Å²) in [6.07, 6.45) is 0.465. The first kappa shape index (κ1) is 13.5. The maximum Gasteiger partial charge on any atom is 0.305 e. The Kier molecular flexibility index (Phi) is 5.49. The lowest BCUT2D eigenvalue weighted by Crippen LogP contribution is -2.04. The molecule has 17 heavy (non-hydrogen) atoms. The second-order valence-electron chi connectivity index (χ2n) is 3.78. The van der Waals surface area contributed by atoms with Crippen molar-refractivity contribution in [3.05, 3.63) is 29.8 Å². The molecule has 4 nitrogen and oxygen atoms in total. The molecule has 0 saturated carbocycles. The van der Waals surface area contributed by atoms with E-state index in [1.165, 1.54) is 7.11 Å². The molecule has 0 amide bonds. The Morgan fingerprint density at radius 1 is 1.47 bits per heavy atom. The number of hydrogen-bond acceptors (Lipinski definition) is 4. The fourth-order valence-electron chi connectivity index (χ4n) is 1.37. The van der Waals surface area contributed by atoms with Crippen molar-refractivity contribution in [2.24, 2.45) is 0 Å². The summed E-state index contributed by atoms with van der Waals surface area (Å²) in [6.45, 7) is 2.16. The zero-order valence-corrected chi connectivity index (χ0v) is 10.2. The van der Waals surface area contributed by atoms with E-state index in [9.17, 15) is 9.90 Å². The lowest BCUT2D eigenvalue weighted by atomic mass is 10.1. The van der Waals surface area contributed by atoms with E-state index in [-0.39, 0.29) is 5.97 Å². The van der Waals surface area contributed by atoms with Gasteiger partial charge >= 0.3 is 5.97 Å². The lowest BCUT2D eigenvalue weighted by Gasteiger charge is -2.09. The van der Waals surface area contributed by atoms with Crippen molar-refractivity contribution in [3.8, 4) is 5.75 Å². The fourth-order valence-corrected chi connectivity index (χ4v) is 1.37. The molecule has 0 fully saturated rings. The summed E-state index contributed by atoms with van der Waals surface area (Å²) in [6, 6.07) is 7.29. The molecule has 94 valence electrons. The van der Waals surface area contributed by atoms with Crippen LogP contribution >= 0.6 is 0 Å². The van der Waals surface area contributed by atoms with E-state index >= 15 is 0 Å². The highest BCUT2D eigenvalue weighted by atomic mass is 16.5. The third-order valence-corrected chi connectivity index (χ3v) is 2.36. The molecular weight excluding hydrogens is 220 g/mol. The molecule has 0 aliphatic heterocycles. The Hall–Kier alpha value is -1.55. The van der Waals surface area contributed by atoms with Gasteiger partial charge in [0.25, 0.3) is 0 Å². The highest BCUT2D eigenvalue weighted by Crippen LogP contribution is 2.18. The van der Waals surface area contributed by atoms with Gasteiger partial charge in [-0.3, -0.25) is 4.79 Å². The summed E-state index contributed by atoms with van der Waals surface area (Å²) in [4.78, 5) is 10.9. The molecule has 0 bridgehead atoms. The predicted molar refractivity (Wildman–Crippen MR) is 63.8 cm³/mol. The topological polar surface area (TPSA) is 55.8 Å². The predicted octanol–water partition coefficient (Wildman–Crippen LogP) is 2.07. The van der Waals surface area contributed by atoms with Gasteiger partial charge in [0.2, 0.25) is 0 Å². The standard InChI is InChI=1S/C13H18O4/c1-10(14)11-5-3-6-12(9-11)17-8-4-7-13(15)16-2/h3,5-6,9-10,14H,4,7-8H2,1-2H3/t10-/m1/s1. The molecule has 1 aromatic rings. The van der Waals surface area contributed by atoms with Crippen molar-refractivity contribution >= 4 is 5.97 Å². The van der Waals surface area contributed by atoms with Crippen LogP contribution in [-0.2, 0) is 9.53 Å². The van der Waals surface area contributed by atoms with Crippen molar-refractivity contribution in [1.82, 2.24) is 0 Å². The minimum Gasteiger partial charge on any atom is -0.494 e. The molecule has 1 atom stereocenters. The van der Waals surface area contributed by atoms with Crippen LogP contribution in [0, 0.1) is 0 Å². The average molecular weight is 238 g/mol. The van der Waals surface area contributed by atoms with Crippen LogP contribution in [0.5, 0.6) is 5.75 Å². The van der Waals surface area contributed by atoms with Crippen molar-refractivity contribution in [3.63, 3.8) is 0 Å². The maximum atomic E-state index is 10.9. The van der Waals surface area contributed by atoms with Crippen molar-refractivity contribution in [2.45, 2.75) is 25.9 Å². The smallest absolute Gasteiger partial charge is 0.305 e. The number of aliphatic hydroxyl groups excluding tert-OH is 1. The lowest BCUT2D eigenvalue weighted by molar-refractivity contribution is -0.140. The molecule has 0 aromatic heterocycles. The zero-order valence-electron chi connectivity index (χ0n) is 10.2. The second-order valence-corrected chi connectivity index (χ2v) is 3.78. The van der Waals surface area contributed by atoms with E-state index in [4.69, 9.17) is 4.74 Å². The molecular formula is C13H18O4. The zero-order chi connectivity index (χ0) is 12.7. The summed E-state index contributed by atoms with van der Waals surface area (Å²) in [5.74, 6) is 0.472. The molecule has 0 spiro atoms. The van der Waals surface area contributed by atoms with Crippen LogP contribution in [0.2, 0.25) is 0 Å². The second kappa shape index (κ2) is 6.91. The molecule has 0 aliphatic rings. The van der Waals surface area contributed by atoms with Crippen molar-refractivity contribution in [2.75, 3.05) is 13.7 Å². The molecule has 1 aromatic carbocycles. The summed E-state index contributed by atoms with van der Waals surface area (Å²) in [5, 5.41) is 9.41. The number of benzene rings is 1. The van der Waals surface area contributed by atoms with Gasteiger partial charge in [-0.1, -0.05) is 12.1 Å². The number of methoxy groups -OCH3 is 1. The summed E-state index contributed by atoms with van der Waals surface area (Å²) in [7, 11) is 1.37. The number of aliphatic hydroxyl groups is 1. The van der Waals surface area contributed by atoms with Gasteiger partial charge < -0.3 is 14.6 Å². The van der Waals surface area contributed by atoms with Crippen LogP contribution < -0.4 is 4.74 Å². The molecule has 0 radical (unpaired) electrons. The highest BCUT2D eigenvalue weighted by Gasteiger charge is 2.03. The van der Waals surface area contributed by atoms with E-state index in [1.807, 2.05) is 18.2 Å². The molecule has 0 heterocycles. The normalized spacial score (nSPS) is 11.9. The Balaban J connectivity index is 2.36. The third kappa shape index (κ3) is 4.87. The quantitative estimate of drug-likeness (QED) is 0.609. The van der Waals surface area contributed by atoms with E-state index in [1.54, 1.807) is 13.0 Å². The van der Waals surface area contributed by atoms with Gasteiger partial charge in [-0.2, -0.15) is 0 Å². The van der Waals surface area contributed by atoms with E-state index in [2.05, 4.69) is 4.74 Å². The Bertz CT molecular complexity index is 360. The van der Waals surface area contributed by atoms with Crippen LogP contribution in [0.3, 0.4) is 0 Å². The molecule has 0 unspecified atom stereocenters. The summed E-state index contributed by atoms with van der Waals surface area (Å²) >= 11 is 0. The van der Waals surface area contributed by atoms with Gasteiger partial charge in [-0.05, 0) is 31.0 Å². The molecule has 4 heteroatoms. The average Bonchev–Trinajstić information content (AvgIpc) is 2.34. The van der Waals surface area contributed by atoms with Crippen molar-refractivity contribution < 1.29 is 19.4 Å². The molecule has 1 rings (SSSR count). The van der Waals surface area contributed by atoms with Crippen LogP contribution in [0.4, 0.5) is 0 Å².